The lowest BCUT2D eigenvalue weighted by molar-refractivity contribution is 0.330. The Labute approximate surface area is 128 Å². The molecule has 0 amide bonds. The van der Waals surface area contributed by atoms with Crippen molar-refractivity contribution in [2.45, 2.75) is 33.6 Å². The summed E-state index contributed by atoms with van der Waals surface area (Å²) in [6.07, 6.45) is 0. The summed E-state index contributed by atoms with van der Waals surface area (Å²) >= 11 is 0. The van der Waals surface area contributed by atoms with Crippen molar-refractivity contribution in [2.75, 3.05) is 18.5 Å². The van der Waals surface area contributed by atoms with Gasteiger partial charge in [0.15, 0.2) is 0 Å². The highest BCUT2D eigenvalue weighted by molar-refractivity contribution is 5.52. The van der Waals surface area contributed by atoms with Crippen molar-refractivity contribution in [1.82, 2.24) is 0 Å². The molecule has 0 aliphatic heterocycles. The summed E-state index contributed by atoms with van der Waals surface area (Å²) in [4.78, 5) is 0. The SMILES string of the molecule is Cc1ccc(OCCNc2ccccc2C(C)C)c(C)c1. The molecule has 2 heteroatoms. The Hall–Kier alpha value is -1.96. The van der Waals surface area contributed by atoms with Gasteiger partial charge < -0.3 is 10.1 Å². The maximum Gasteiger partial charge on any atom is 0.122 e. The lowest BCUT2D eigenvalue weighted by Gasteiger charge is -2.15. The van der Waals surface area contributed by atoms with E-state index in [-0.39, 0.29) is 0 Å². The number of anilines is 1. The van der Waals surface area contributed by atoms with Gasteiger partial charge >= 0.3 is 0 Å². The van der Waals surface area contributed by atoms with Crippen LogP contribution < -0.4 is 10.1 Å². The van der Waals surface area contributed by atoms with E-state index < -0.39 is 0 Å². The Balaban J connectivity index is 1.88. The van der Waals surface area contributed by atoms with Crippen LogP contribution in [-0.4, -0.2) is 13.2 Å². The first-order valence-corrected chi connectivity index (χ1v) is 7.61. The normalized spacial score (nSPS) is 10.7. The van der Waals surface area contributed by atoms with Gasteiger partial charge in [0, 0.05) is 12.2 Å². The molecule has 0 bridgehead atoms. The van der Waals surface area contributed by atoms with Crippen LogP contribution in [0.4, 0.5) is 5.69 Å². The van der Waals surface area contributed by atoms with Crippen LogP contribution in [0, 0.1) is 13.8 Å². The monoisotopic (exact) mass is 283 g/mol. The minimum Gasteiger partial charge on any atom is -0.491 e. The van der Waals surface area contributed by atoms with Crippen LogP contribution >= 0.6 is 0 Å². The van der Waals surface area contributed by atoms with Crippen LogP contribution in [0.2, 0.25) is 0 Å². The molecule has 0 spiro atoms. The third-order valence-electron chi connectivity index (χ3n) is 3.59. The van der Waals surface area contributed by atoms with Crippen LogP contribution in [0.15, 0.2) is 42.5 Å². The van der Waals surface area contributed by atoms with Crippen molar-refractivity contribution in [2.24, 2.45) is 0 Å². The van der Waals surface area contributed by atoms with Crippen molar-refractivity contribution in [3.8, 4) is 5.75 Å². The van der Waals surface area contributed by atoms with E-state index in [0.29, 0.717) is 12.5 Å². The van der Waals surface area contributed by atoms with E-state index in [1.54, 1.807) is 0 Å². The molecule has 0 heterocycles. The van der Waals surface area contributed by atoms with Crippen LogP contribution in [0.1, 0.15) is 36.5 Å². The first kappa shape index (κ1) is 15.4. The van der Waals surface area contributed by atoms with E-state index in [2.05, 4.69) is 69.4 Å². The Bertz CT molecular complexity index is 590. The summed E-state index contributed by atoms with van der Waals surface area (Å²) in [5.74, 6) is 1.49. The molecule has 0 radical (unpaired) electrons. The summed E-state index contributed by atoms with van der Waals surface area (Å²) < 4.78 is 5.85. The molecule has 0 fully saturated rings. The molecule has 0 saturated carbocycles. The average Bonchev–Trinajstić information content (AvgIpc) is 2.45. The molecule has 2 rings (SSSR count). The zero-order valence-corrected chi connectivity index (χ0v) is 13.4. The second-order valence-electron chi connectivity index (χ2n) is 5.79. The van der Waals surface area contributed by atoms with Gasteiger partial charge in [0.2, 0.25) is 0 Å². The molecule has 21 heavy (non-hydrogen) atoms. The molecule has 0 aliphatic carbocycles. The van der Waals surface area contributed by atoms with E-state index in [4.69, 9.17) is 4.74 Å². The van der Waals surface area contributed by atoms with Crippen molar-refractivity contribution in [3.63, 3.8) is 0 Å². The highest BCUT2D eigenvalue weighted by atomic mass is 16.5. The standard InChI is InChI=1S/C19H25NO/c1-14(2)17-7-5-6-8-18(17)20-11-12-21-19-10-9-15(3)13-16(19)4/h5-10,13-14,20H,11-12H2,1-4H3. The highest BCUT2D eigenvalue weighted by Crippen LogP contribution is 2.23. The number of aryl methyl sites for hydroxylation is 2. The molecule has 0 saturated heterocycles. The number of rotatable bonds is 6. The third kappa shape index (κ3) is 4.25. The Morgan fingerprint density at radius 1 is 1.05 bits per heavy atom. The number of hydrogen-bond acceptors (Lipinski definition) is 2. The molecule has 0 aliphatic rings. The Kier molecular flexibility index (Phi) is 5.26. The molecule has 2 nitrogen and oxygen atoms in total. The van der Waals surface area contributed by atoms with E-state index in [9.17, 15) is 0 Å². The second kappa shape index (κ2) is 7.16. The van der Waals surface area contributed by atoms with Gasteiger partial charge in [-0.2, -0.15) is 0 Å². The first-order chi connectivity index (χ1) is 10.1. The van der Waals surface area contributed by atoms with E-state index >= 15 is 0 Å². The Morgan fingerprint density at radius 3 is 2.52 bits per heavy atom. The third-order valence-corrected chi connectivity index (χ3v) is 3.59. The molecule has 1 N–H and O–H groups in total. The molecule has 112 valence electrons. The van der Waals surface area contributed by atoms with Crippen molar-refractivity contribution < 1.29 is 4.74 Å². The minimum absolute atomic E-state index is 0.522. The van der Waals surface area contributed by atoms with Gasteiger partial charge in [-0.3, -0.25) is 0 Å². The van der Waals surface area contributed by atoms with Crippen LogP contribution in [0.25, 0.3) is 0 Å². The van der Waals surface area contributed by atoms with Gasteiger partial charge in [-0.25, -0.2) is 0 Å². The fourth-order valence-corrected chi connectivity index (χ4v) is 2.47. The van der Waals surface area contributed by atoms with Gasteiger partial charge in [-0.15, -0.1) is 0 Å². The summed E-state index contributed by atoms with van der Waals surface area (Å²) in [6.45, 7) is 10.1. The van der Waals surface area contributed by atoms with Crippen molar-refractivity contribution in [1.29, 1.82) is 0 Å². The number of benzene rings is 2. The molecule has 2 aromatic rings. The van der Waals surface area contributed by atoms with E-state index in [1.807, 2.05) is 6.07 Å². The molecule has 0 atom stereocenters. The minimum atomic E-state index is 0.522. The topological polar surface area (TPSA) is 21.3 Å². The van der Waals surface area contributed by atoms with Crippen LogP contribution in [0.3, 0.4) is 0 Å². The smallest absolute Gasteiger partial charge is 0.122 e. The number of ether oxygens (including phenoxy) is 1. The molecule has 2 aromatic carbocycles. The van der Waals surface area contributed by atoms with Gasteiger partial charge in [0.1, 0.15) is 12.4 Å². The van der Waals surface area contributed by atoms with Gasteiger partial charge in [-0.05, 0) is 43.0 Å². The lowest BCUT2D eigenvalue weighted by atomic mass is 10.0. The molecule has 0 aromatic heterocycles. The lowest BCUT2D eigenvalue weighted by Crippen LogP contribution is -2.13. The quantitative estimate of drug-likeness (QED) is 0.760. The molecule has 0 unspecified atom stereocenters. The maximum absolute atomic E-state index is 5.85. The summed E-state index contributed by atoms with van der Waals surface area (Å²) in [5, 5.41) is 3.47. The first-order valence-electron chi connectivity index (χ1n) is 7.61. The predicted octanol–water partition coefficient (Wildman–Crippen LogP) is 4.92. The zero-order chi connectivity index (χ0) is 15.2. The highest BCUT2D eigenvalue weighted by Gasteiger charge is 2.05. The summed E-state index contributed by atoms with van der Waals surface area (Å²) in [5.41, 5.74) is 5.02. The second-order valence-corrected chi connectivity index (χ2v) is 5.79. The zero-order valence-electron chi connectivity index (χ0n) is 13.4. The van der Waals surface area contributed by atoms with Gasteiger partial charge in [0.05, 0.1) is 0 Å². The van der Waals surface area contributed by atoms with Crippen molar-refractivity contribution >= 4 is 5.69 Å². The molecular weight excluding hydrogens is 258 g/mol. The fraction of sp³-hybridized carbons (Fsp3) is 0.368. The number of hydrogen-bond donors (Lipinski definition) is 1. The van der Waals surface area contributed by atoms with Crippen LogP contribution in [-0.2, 0) is 0 Å². The predicted molar refractivity (Wildman–Crippen MR) is 90.4 cm³/mol. The summed E-state index contributed by atoms with van der Waals surface area (Å²) in [6, 6.07) is 14.8. The average molecular weight is 283 g/mol. The fourth-order valence-electron chi connectivity index (χ4n) is 2.47. The van der Waals surface area contributed by atoms with Crippen molar-refractivity contribution in [3.05, 3.63) is 59.2 Å². The largest absolute Gasteiger partial charge is 0.491 e. The summed E-state index contributed by atoms with van der Waals surface area (Å²) in [7, 11) is 0. The van der Waals surface area contributed by atoms with E-state index in [1.165, 1.54) is 22.4 Å². The van der Waals surface area contributed by atoms with Crippen LogP contribution in [0.5, 0.6) is 5.75 Å². The van der Waals surface area contributed by atoms with Gasteiger partial charge in [0.25, 0.3) is 0 Å². The molecular formula is C19H25NO. The van der Waals surface area contributed by atoms with E-state index in [0.717, 1.165) is 12.3 Å². The number of para-hydroxylation sites is 1. The Morgan fingerprint density at radius 2 is 1.81 bits per heavy atom. The number of nitrogens with one attached hydrogen (secondary N) is 1. The maximum atomic E-state index is 5.85. The van der Waals surface area contributed by atoms with Gasteiger partial charge in [-0.1, -0.05) is 49.7 Å².